The maximum Gasteiger partial charge on any atom is 0.326 e. The largest absolute Gasteiger partial charge is 0.508 e. The lowest BCUT2D eigenvalue weighted by Crippen LogP contribution is -2.57. The molecule has 1 aliphatic heterocycles. The van der Waals surface area contributed by atoms with Crippen molar-refractivity contribution in [2.75, 3.05) is 13.1 Å². The fourth-order valence-corrected chi connectivity index (χ4v) is 4.42. The van der Waals surface area contributed by atoms with Gasteiger partial charge < -0.3 is 47.1 Å². The molecule has 1 aromatic heterocycles. The summed E-state index contributed by atoms with van der Waals surface area (Å²) in [4.78, 5) is 81.8. The van der Waals surface area contributed by atoms with Gasteiger partial charge in [0.25, 0.3) is 0 Å². The molecule has 5 atom stereocenters. The van der Waals surface area contributed by atoms with Gasteiger partial charge in [0.05, 0.1) is 24.6 Å². The monoisotopic (exact) mass is 614 g/mol. The Kier molecular flexibility index (Phi) is 12.2. The van der Waals surface area contributed by atoms with Gasteiger partial charge in [-0.1, -0.05) is 12.1 Å². The lowest BCUT2D eigenvalue weighted by atomic mass is 10.0. The van der Waals surface area contributed by atoms with Crippen molar-refractivity contribution in [3.8, 4) is 5.75 Å². The van der Waals surface area contributed by atoms with Gasteiger partial charge in [-0.3, -0.25) is 24.0 Å². The highest BCUT2D eigenvalue weighted by molar-refractivity contribution is 5.95. The number of aromatic nitrogens is 2. The van der Waals surface area contributed by atoms with Crippen molar-refractivity contribution in [2.45, 2.75) is 69.7 Å². The average Bonchev–Trinajstić information content (AvgIpc) is 3.71. The van der Waals surface area contributed by atoms with E-state index in [0.29, 0.717) is 17.7 Å². The van der Waals surface area contributed by atoms with E-state index >= 15 is 0 Å². The van der Waals surface area contributed by atoms with Crippen LogP contribution in [-0.2, 0) is 41.6 Å². The second kappa shape index (κ2) is 16.0. The standard InChI is InChI=1S/C28H38N8O8/c1-15(33-23(38)13-31-26(41)20-4-3-9-30-20)24(39)34-16(2)25(40)35-21(11-18-12-29-14-32-18)27(42)36-22(28(43)44)10-17-5-7-19(37)8-6-17/h5-8,12,14-16,20-22,30,37H,3-4,9-11,13H2,1-2H3,(H,29,32)(H,31,41)(H,33,38)(H,34,39)(H,35,40)(H,36,42)(H,43,44)/t15-,16-,20-,21-,22-/m0/s1. The van der Waals surface area contributed by atoms with Crippen LogP contribution in [0.2, 0.25) is 0 Å². The number of phenols is 1. The molecule has 2 heterocycles. The van der Waals surface area contributed by atoms with Crippen LogP contribution in [0.1, 0.15) is 37.9 Å². The summed E-state index contributed by atoms with van der Waals surface area (Å²) in [6, 6.07) is 0.715. The van der Waals surface area contributed by atoms with Crippen LogP contribution >= 0.6 is 0 Å². The van der Waals surface area contributed by atoms with Crippen LogP contribution in [0.15, 0.2) is 36.8 Å². The summed E-state index contributed by atoms with van der Waals surface area (Å²) < 4.78 is 0. The van der Waals surface area contributed by atoms with E-state index < -0.39 is 53.8 Å². The Bertz CT molecular complexity index is 1310. The van der Waals surface area contributed by atoms with Gasteiger partial charge in [-0.25, -0.2) is 9.78 Å². The molecule has 1 aliphatic rings. The highest BCUT2D eigenvalue weighted by Crippen LogP contribution is 2.12. The fourth-order valence-electron chi connectivity index (χ4n) is 4.42. The Balaban J connectivity index is 1.55. The first-order valence-corrected chi connectivity index (χ1v) is 14.1. The first-order chi connectivity index (χ1) is 20.9. The number of H-pyrrole nitrogens is 1. The van der Waals surface area contributed by atoms with Crippen molar-refractivity contribution in [2.24, 2.45) is 0 Å². The van der Waals surface area contributed by atoms with E-state index in [-0.39, 0.29) is 37.1 Å². The molecule has 238 valence electrons. The summed E-state index contributed by atoms with van der Waals surface area (Å²) in [5, 5.41) is 34.6. The number of amides is 5. The smallest absolute Gasteiger partial charge is 0.326 e. The summed E-state index contributed by atoms with van der Waals surface area (Å²) in [5.41, 5.74) is 0.967. The molecule has 3 rings (SSSR count). The molecule has 9 N–H and O–H groups in total. The van der Waals surface area contributed by atoms with Crippen LogP contribution in [-0.4, -0.2) is 99.0 Å². The van der Waals surface area contributed by atoms with Gasteiger partial charge >= 0.3 is 5.97 Å². The number of aromatic amines is 1. The van der Waals surface area contributed by atoms with Gasteiger partial charge in [-0.05, 0) is 50.9 Å². The number of carbonyl (C=O) groups is 6. The minimum absolute atomic E-state index is 0.00485. The van der Waals surface area contributed by atoms with Crippen LogP contribution in [0.25, 0.3) is 0 Å². The van der Waals surface area contributed by atoms with Crippen molar-refractivity contribution in [3.05, 3.63) is 48.0 Å². The van der Waals surface area contributed by atoms with Gasteiger partial charge in [-0.15, -0.1) is 0 Å². The topological polar surface area (TPSA) is 244 Å². The Labute approximate surface area is 253 Å². The van der Waals surface area contributed by atoms with Crippen LogP contribution in [0, 0.1) is 0 Å². The Morgan fingerprint density at radius 2 is 1.57 bits per heavy atom. The first kappa shape index (κ1) is 33.5. The zero-order valence-electron chi connectivity index (χ0n) is 24.4. The molecular weight excluding hydrogens is 576 g/mol. The normalized spacial score (nSPS) is 16.9. The number of phenolic OH excluding ortho intramolecular Hbond substituents is 1. The number of hydrogen-bond acceptors (Lipinski definition) is 9. The second-order valence-corrected chi connectivity index (χ2v) is 10.5. The number of carboxylic acid groups (broad SMARTS) is 1. The third-order valence-electron chi connectivity index (χ3n) is 6.91. The molecule has 0 spiro atoms. The molecular formula is C28H38N8O8. The van der Waals surface area contributed by atoms with Gasteiger partial charge in [0.1, 0.15) is 29.9 Å². The van der Waals surface area contributed by atoms with Crippen molar-refractivity contribution < 1.29 is 39.0 Å². The summed E-state index contributed by atoms with van der Waals surface area (Å²) in [6.07, 6.45) is 4.28. The van der Waals surface area contributed by atoms with Gasteiger partial charge in [0, 0.05) is 19.0 Å². The van der Waals surface area contributed by atoms with Crippen molar-refractivity contribution in [1.82, 2.24) is 41.9 Å². The zero-order valence-corrected chi connectivity index (χ0v) is 24.4. The summed E-state index contributed by atoms with van der Waals surface area (Å²) in [7, 11) is 0. The molecule has 0 aliphatic carbocycles. The number of carbonyl (C=O) groups excluding carboxylic acids is 5. The number of aromatic hydroxyl groups is 1. The number of benzene rings is 1. The van der Waals surface area contributed by atoms with E-state index in [9.17, 15) is 39.0 Å². The molecule has 1 aromatic carbocycles. The van der Waals surface area contributed by atoms with Crippen molar-refractivity contribution in [3.63, 3.8) is 0 Å². The SMILES string of the molecule is C[C@H](NC(=O)CNC(=O)[C@@H]1CCCN1)C(=O)N[C@@H](C)C(=O)N[C@@H](Cc1c[nH]cn1)C(=O)N[C@@H](Cc1ccc(O)cc1)C(=O)O. The number of aliphatic carboxylic acids is 1. The van der Waals surface area contributed by atoms with Gasteiger partial charge in [0.2, 0.25) is 29.5 Å². The summed E-state index contributed by atoms with van der Waals surface area (Å²) in [6.45, 7) is 3.20. The van der Waals surface area contributed by atoms with Crippen LogP contribution in [0.3, 0.4) is 0 Å². The van der Waals surface area contributed by atoms with E-state index in [4.69, 9.17) is 0 Å². The number of carboxylic acids is 1. The Morgan fingerprint density at radius 1 is 0.909 bits per heavy atom. The minimum Gasteiger partial charge on any atom is -0.508 e. The van der Waals surface area contributed by atoms with Gasteiger partial charge in [-0.2, -0.15) is 0 Å². The molecule has 1 fully saturated rings. The molecule has 5 amide bonds. The van der Waals surface area contributed by atoms with E-state index in [1.807, 2.05) is 0 Å². The minimum atomic E-state index is -1.34. The quantitative estimate of drug-likeness (QED) is 0.105. The van der Waals surface area contributed by atoms with Crippen molar-refractivity contribution >= 4 is 35.5 Å². The van der Waals surface area contributed by atoms with Crippen LogP contribution in [0.5, 0.6) is 5.75 Å². The predicted molar refractivity (Wildman–Crippen MR) is 155 cm³/mol. The van der Waals surface area contributed by atoms with Crippen LogP contribution < -0.4 is 31.9 Å². The third-order valence-corrected chi connectivity index (χ3v) is 6.91. The molecule has 0 saturated carbocycles. The highest BCUT2D eigenvalue weighted by Gasteiger charge is 2.30. The maximum atomic E-state index is 13.2. The Morgan fingerprint density at radius 3 is 2.18 bits per heavy atom. The van der Waals surface area contributed by atoms with Crippen molar-refractivity contribution in [1.29, 1.82) is 0 Å². The lowest BCUT2D eigenvalue weighted by molar-refractivity contribution is -0.142. The Hall–Kier alpha value is -4.99. The molecule has 16 nitrogen and oxygen atoms in total. The maximum absolute atomic E-state index is 13.2. The van der Waals surface area contributed by atoms with Gasteiger partial charge in [0.15, 0.2) is 0 Å². The van der Waals surface area contributed by atoms with E-state index in [2.05, 4.69) is 41.9 Å². The number of nitrogens with one attached hydrogen (secondary N) is 7. The fraction of sp³-hybridized carbons (Fsp3) is 0.464. The lowest BCUT2D eigenvalue weighted by Gasteiger charge is -2.23. The first-order valence-electron chi connectivity index (χ1n) is 14.1. The molecule has 2 aromatic rings. The van der Waals surface area contributed by atoms with E-state index in [0.717, 1.165) is 13.0 Å². The number of imidazole rings is 1. The zero-order chi connectivity index (χ0) is 32.2. The summed E-state index contributed by atoms with van der Waals surface area (Å²) in [5.74, 6) is -4.41. The number of hydrogen-bond donors (Lipinski definition) is 9. The molecule has 44 heavy (non-hydrogen) atoms. The average molecular weight is 615 g/mol. The highest BCUT2D eigenvalue weighted by atomic mass is 16.4. The third kappa shape index (κ3) is 10.4. The molecule has 0 radical (unpaired) electrons. The second-order valence-electron chi connectivity index (χ2n) is 10.5. The number of rotatable bonds is 15. The molecule has 16 heteroatoms. The molecule has 0 unspecified atom stereocenters. The molecule has 0 bridgehead atoms. The van der Waals surface area contributed by atoms with E-state index in [1.54, 1.807) is 0 Å². The number of nitrogens with zero attached hydrogens (tertiary/aromatic N) is 1. The summed E-state index contributed by atoms with van der Waals surface area (Å²) >= 11 is 0. The van der Waals surface area contributed by atoms with Crippen LogP contribution in [0.4, 0.5) is 0 Å². The molecule has 1 saturated heterocycles. The predicted octanol–water partition coefficient (Wildman–Crippen LogP) is -2.17. The van der Waals surface area contributed by atoms with E-state index in [1.165, 1.54) is 50.6 Å².